The van der Waals surface area contributed by atoms with E-state index in [2.05, 4.69) is 5.32 Å². The van der Waals surface area contributed by atoms with Crippen LogP contribution < -0.4 is 5.32 Å². The van der Waals surface area contributed by atoms with Crippen molar-refractivity contribution in [1.29, 1.82) is 5.26 Å². The average molecular weight is 273 g/mol. The fourth-order valence-corrected chi connectivity index (χ4v) is 1.57. The molecule has 0 saturated heterocycles. The van der Waals surface area contributed by atoms with Gasteiger partial charge < -0.3 is 10.2 Å². The second-order valence-corrected chi connectivity index (χ2v) is 5.05. The minimum Gasteiger partial charge on any atom is -0.354 e. The van der Waals surface area contributed by atoms with E-state index in [4.69, 9.17) is 5.26 Å². The quantitative estimate of drug-likeness (QED) is 0.881. The van der Waals surface area contributed by atoms with E-state index in [1.165, 1.54) is 4.90 Å². The summed E-state index contributed by atoms with van der Waals surface area (Å²) in [5.74, 6) is -0.0455. The predicted molar refractivity (Wildman–Crippen MR) is 76.0 cm³/mol. The summed E-state index contributed by atoms with van der Waals surface area (Å²) in [6.07, 6.45) is 0. The highest BCUT2D eigenvalue weighted by Crippen LogP contribution is 2.06. The Hall–Kier alpha value is -2.35. The van der Waals surface area contributed by atoms with Gasteiger partial charge in [-0.25, -0.2) is 0 Å². The van der Waals surface area contributed by atoms with Crippen LogP contribution in [0.2, 0.25) is 0 Å². The van der Waals surface area contributed by atoms with Crippen molar-refractivity contribution >= 4 is 11.8 Å². The number of hydrogen-bond acceptors (Lipinski definition) is 3. The van der Waals surface area contributed by atoms with Crippen molar-refractivity contribution in [2.45, 2.75) is 13.8 Å². The Labute approximate surface area is 119 Å². The maximum atomic E-state index is 12.1. The standard InChI is InChI=1S/C15H19N3O2/c1-11(2)9-17-14(19)10-18(3)15(20)13-6-4-12(8-16)5-7-13/h4-7,11H,9-10H2,1-3H3,(H,17,19). The third-order valence-electron chi connectivity index (χ3n) is 2.70. The van der Waals surface area contributed by atoms with Gasteiger partial charge in [0.25, 0.3) is 5.91 Å². The lowest BCUT2D eigenvalue weighted by Crippen LogP contribution is -2.39. The third kappa shape index (κ3) is 4.73. The maximum Gasteiger partial charge on any atom is 0.254 e. The summed E-state index contributed by atoms with van der Waals surface area (Å²) in [5.41, 5.74) is 0.960. The number of rotatable bonds is 5. The van der Waals surface area contributed by atoms with Gasteiger partial charge in [0.15, 0.2) is 0 Å². The second kappa shape index (κ2) is 7.29. The van der Waals surface area contributed by atoms with Gasteiger partial charge in [-0.15, -0.1) is 0 Å². The molecule has 5 nitrogen and oxygen atoms in total. The van der Waals surface area contributed by atoms with E-state index in [-0.39, 0.29) is 18.4 Å². The number of carbonyl (C=O) groups is 2. The van der Waals surface area contributed by atoms with Crippen LogP contribution in [-0.2, 0) is 4.79 Å². The molecule has 0 aliphatic heterocycles. The molecular weight excluding hydrogens is 254 g/mol. The fourth-order valence-electron chi connectivity index (χ4n) is 1.57. The molecular formula is C15H19N3O2. The van der Waals surface area contributed by atoms with E-state index in [0.717, 1.165) is 0 Å². The highest BCUT2D eigenvalue weighted by atomic mass is 16.2. The first-order valence-electron chi connectivity index (χ1n) is 6.46. The van der Waals surface area contributed by atoms with Gasteiger partial charge in [0.05, 0.1) is 18.2 Å². The van der Waals surface area contributed by atoms with E-state index >= 15 is 0 Å². The van der Waals surface area contributed by atoms with Crippen LogP contribution in [0.3, 0.4) is 0 Å². The Balaban J connectivity index is 2.58. The SMILES string of the molecule is CC(C)CNC(=O)CN(C)C(=O)c1ccc(C#N)cc1. The molecule has 1 rings (SSSR count). The Morgan fingerprint density at radius 2 is 1.90 bits per heavy atom. The van der Waals surface area contributed by atoms with Crippen LogP contribution >= 0.6 is 0 Å². The number of amides is 2. The minimum absolute atomic E-state index is 0.0194. The minimum atomic E-state index is -0.241. The van der Waals surface area contributed by atoms with Crippen LogP contribution in [-0.4, -0.2) is 36.9 Å². The largest absolute Gasteiger partial charge is 0.354 e. The van der Waals surface area contributed by atoms with E-state index in [9.17, 15) is 9.59 Å². The van der Waals surface area contributed by atoms with Gasteiger partial charge in [-0.2, -0.15) is 5.26 Å². The molecule has 20 heavy (non-hydrogen) atoms. The zero-order chi connectivity index (χ0) is 15.1. The monoisotopic (exact) mass is 273 g/mol. The molecule has 0 unspecified atom stereocenters. The molecule has 0 saturated carbocycles. The molecule has 0 aliphatic carbocycles. The number of nitriles is 1. The van der Waals surface area contributed by atoms with E-state index < -0.39 is 0 Å². The maximum absolute atomic E-state index is 12.1. The van der Waals surface area contributed by atoms with Crippen molar-refractivity contribution in [3.63, 3.8) is 0 Å². The summed E-state index contributed by atoms with van der Waals surface area (Å²) < 4.78 is 0. The Kier molecular flexibility index (Phi) is 5.73. The van der Waals surface area contributed by atoms with Crippen molar-refractivity contribution in [3.05, 3.63) is 35.4 Å². The summed E-state index contributed by atoms with van der Waals surface area (Å²) in [7, 11) is 1.58. The first kappa shape index (κ1) is 15.7. The molecule has 106 valence electrons. The van der Waals surface area contributed by atoms with E-state index in [1.807, 2.05) is 19.9 Å². The van der Waals surface area contributed by atoms with Crippen LogP contribution in [0.25, 0.3) is 0 Å². The predicted octanol–water partition coefficient (Wildman–Crippen LogP) is 1.40. The molecule has 0 spiro atoms. The molecule has 0 radical (unpaired) electrons. The van der Waals surface area contributed by atoms with Crippen LogP contribution in [0, 0.1) is 17.2 Å². The van der Waals surface area contributed by atoms with Crippen LogP contribution in [0.15, 0.2) is 24.3 Å². The van der Waals surface area contributed by atoms with Gasteiger partial charge in [0, 0.05) is 19.2 Å². The Morgan fingerprint density at radius 1 is 1.30 bits per heavy atom. The summed E-state index contributed by atoms with van der Waals surface area (Å²) in [5, 5.41) is 11.5. The topological polar surface area (TPSA) is 73.2 Å². The smallest absolute Gasteiger partial charge is 0.254 e. The lowest BCUT2D eigenvalue weighted by molar-refractivity contribution is -0.121. The fraction of sp³-hybridized carbons (Fsp3) is 0.400. The summed E-state index contributed by atoms with van der Waals surface area (Å²) in [4.78, 5) is 25.1. The molecule has 2 amide bonds. The number of likely N-dealkylation sites (N-methyl/N-ethyl adjacent to an activating group) is 1. The molecule has 1 N–H and O–H groups in total. The summed E-state index contributed by atoms with van der Waals surface area (Å²) in [6.45, 7) is 4.63. The number of nitrogens with zero attached hydrogens (tertiary/aromatic N) is 2. The first-order chi connectivity index (χ1) is 9.43. The van der Waals surface area contributed by atoms with Crippen molar-refractivity contribution in [1.82, 2.24) is 10.2 Å². The number of nitrogens with one attached hydrogen (secondary N) is 1. The number of hydrogen-bond donors (Lipinski definition) is 1. The van der Waals surface area contributed by atoms with Crippen LogP contribution in [0.1, 0.15) is 29.8 Å². The number of benzene rings is 1. The van der Waals surface area contributed by atoms with Gasteiger partial charge >= 0.3 is 0 Å². The normalized spacial score (nSPS) is 9.95. The highest BCUT2D eigenvalue weighted by Gasteiger charge is 2.14. The average Bonchev–Trinajstić information content (AvgIpc) is 2.44. The van der Waals surface area contributed by atoms with Crippen molar-refractivity contribution in [2.24, 2.45) is 5.92 Å². The van der Waals surface area contributed by atoms with Crippen molar-refractivity contribution < 1.29 is 9.59 Å². The zero-order valence-corrected chi connectivity index (χ0v) is 12.0. The molecule has 5 heteroatoms. The molecule has 1 aromatic rings. The van der Waals surface area contributed by atoms with Gasteiger partial charge in [-0.05, 0) is 30.2 Å². The molecule has 0 fully saturated rings. The first-order valence-corrected chi connectivity index (χ1v) is 6.46. The molecule has 0 heterocycles. The van der Waals surface area contributed by atoms with Gasteiger partial charge in [0.2, 0.25) is 5.91 Å². The molecule has 0 aliphatic rings. The molecule has 0 aromatic heterocycles. The van der Waals surface area contributed by atoms with Gasteiger partial charge in [-0.1, -0.05) is 13.8 Å². The van der Waals surface area contributed by atoms with E-state index in [1.54, 1.807) is 31.3 Å². The third-order valence-corrected chi connectivity index (χ3v) is 2.70. The lowest BCUT2D eigenvalue weighted by atomic mass is 10.1. The molecule has 0 bridgehead atoms. The Bertz CT molecular complexity index is 515. The van der Waals surface area contributed by atoms with Crippen LogP contribution in [0.4, 0.5) is 0 Å². The number of carbonyl (C=O) groups excluding carboxylic acids is 2. The lowest BCUT2D eigenvalue weighted by Gasteiger charge is -2.17. The highest BCUT2D eigenvalue weighted by molar-refractivity contribution is 5.96. The van der Waals surface area contributed by atoms with Crippen molar-refractivity contribution in [2.75, 3.05) is 20.1 Å². The molecule has 0 atom stereocenters. The molecule has 1 aromatic carbocycles. The summed E-state index contributed by atoms with van der Waals surface area (Å²) >= 11 is 0. The van der Waals surface area contributed by atoms with Crippen molar-refractivity contribution in [3.8, 4) is 6.07 Å². The van der Waals surface area contributed by atoms with Crippen LogP contribution in [0.5, 0.6) is 0 Å². The second-order valence-electron chi connectivity index (χ2n) is 5.05. The summed E-state index contributed by atoms with van der Waals surface area (Å²) in [6, 6.07) is 8.33. The van der Waals surface area contributed by atoms with Gasteiger partial charge in [0.1, 0.15) is 0 Å². The Morgan fingerprint density at radius 3 is 2.40 bits per heavy atom. The zero-order valence-electron chi connectivity index (χ0n) is 12.0. The van der Waals surface area contributed by atoms with E-state index in [0.29, 0.717) is 23.6 Å². The van der Waals surface area contributed by atoms with Gasteiger partial charge in [-0.3, -0.25) is 9.59 Å².